The Bertz CT molecular complexity index is 361. The Labute approximate surface area is 97.5 Å². The van der Waals surface area contributed by atoms with Crippen LogP contribution in [0.3, 0.4) is 0 Å². The molecular weight excluding hydrogens is 200 g/mol. The van der Waals surface area contributed by atoms with E-state index in [-0.39, 0.29) is 0 Å². The first-order valence-electron chi connectivity index (χ1n) is 6.33. The van der Waals surface area contributed by atoms with Crippen molar-refractivity contribution in [2.75, 3.05) is 0 Å². The molecule has 1 heterocycles. The molecule has 3 unspecified atom stereocenters. The lowest BCUT2D eigenvalue weighted by molar-refractivity contribution is -0.0689. The predicted molar refractivity (Wildman–Crippen MR) is 64.0 cm³/mol. The fraction of sp³-hybridized carbons (Fsp3) is 0.769. The van der Waals surface area contributed by atoms with Gasteiger partial charge in [-0.25, -0.2) is 0 Å². The molecule has 0 aromatic carbocycles. The molecule has 1 aromatic heterocycles. The topological polar surface area (TPSA) is 38.0 Å². The molecule has 1 N–H and O–H groups in total. The second-order valence-electron chi connectivity index (χ2n) is 5.17. The van der Waals surface area contributed by atoms with Crippen molar-refractivity contribution < 1.29 is 5.11 Å². The molecule has 0 spiro atoms. The lowest BCUT2D eigenvalue weighted by atomic mass is 9.68. The van der Waals surface area contributed by atoms with Crippen LogP contribution in [-0.2, 0) is 12.1 Å². The minimum Gasteiger partial charge on any atom is -0.385 e. The zero-order valence-corrected chi connectivity index (χ0v) is 10.5. The molecule has 3 nitrogen and oxygen atoms in total. The molecule has 1 aliphatic carbocycles. The van der Waals surface area contributed by atoms with E-state index < -0.39 is 5.60 Å². The molecule has 0 radical (unpaired) electrons. The van der Waals surface area contributed by atoms with Crippen molar-refractivity contribution >= 4 is 0 Å². The molecule has 16 heavy (non-hydrogen) atoms. The van der Waals surface area contributed by atoms with Crippen LogP contribution < -0.4 is 0 Å². The molecule has 0 aliphatic heterocycles. The molecule has 1 aliphatic rings. The van der Waals surface area contributed by atoms with Crippen LogP contribution in [0.1, 0.15) is 45.6 Å². The first kappa shape index (κ1) is 11.6. The van der Waals surface area contributed by atoms with Crippen LogP contribution in [0.2, 0.25) is 0 Å². The fourth-order valence-corrected chi connectivity index (χ4v) is 2.81. The molecular formula is C13H22N2O. The lowest BCUT2D eigenvalue weighted by Gasteiger charge is -2.41. The Morgan fingerprint density at radius 3 is 2.94 bits per heavy atom. The lowest BCUT2D eigenvalue weighted by Crippen LogP contribution is -2.40. The summed E-state index contributed by atoms with van der Waals surface area (Å²) in [6, 6.07) is 0. The van der Waals surface area contributed by atoms with Crippen molar-refractivity contribution in [1.82, 2.24) is 9.78 Å². The third kappa shape index (κ3) is 1.77. The molecule has 3 atom stereocenters. The molecule has 1 fully saturated rings. The normalized spacial score (nSPS) is 35.2. The van der Waals surface area contributed by atoms with Crippen LogP contribution in [-0.4, -0.2) is 14.9 Å². The van der Waals surface area contributed by atoms with Gasteiger partial charge in [-0.05, 0) is 31.6 Å². The van der Waals surface area contributed by atoms with Gasteiger partial charge in [-0.1, -0.05) is 20.3 Å². The van der Waals surface area contributed by atoms with Gasteiger partial charge in [0.15, 0.2) is 0 Å². The van der Waals surface area contributed by atoms with Crippen LogP contribution in [0.15, 0.2) is 12.4 Å². The van der Waals surface area contributed by atoms with E-state index in [4.69, 9.17) is 0 Å². The Balaban J connectivity index is 2.29. The van der Waals surface area contributed by atoms with Crippen molar-refractivity contribution in [3.63, 3.8) is 0 Å². The predicted octanol–water partition coefficient (Wildman–Crippen LogP) is 2.55. The highest BCUT2D eigenvalue weighted by Gasteiger charge is 2.41. The molecule has 0 bridgehead atoms. The summed E-state index contributed by atoms with van der Waals surface area (Å²) in [7, 11) is 0. The zero-order chi connectivity index (χ0) is 11.8. The van der Waals surface area contributed by atoms with Crippen LogP contribution >= 0.6 is 0 Å². The maximum atomic E-state index is 10.8. The molecule has 0 amide bonds. The van der Waals surface area contributed by atoms with E-state index in [0.717, 1.165) is 24.9 Å². The smallest absolute Gasteiger partial charge is 0.0954 e. The minimum atomic E-state index is -0.662. The largest absolute Gasteiger partial charge is 0.385 e. The number of hydrogen-bond donors (Lipinski definition) is 1. The van der Waals surface area contributed by atoms with Crippen molar-refractivity contribution in [3.05, 3.63) is 18.0 Å². The van der Waals surface area contributed by atoms with E-state index >= 15 is 0 Å². The number of aromatic nitrogens is 2. The van der Waals surface area contributed by atoms with Gasteiger partial charge in [0.1, 0.15) is 0 Å². The number of hydrogen-bond acceptors (Lipinski definition) is 2. The summed E-state index contributed by atoms with van der Waals surface area (Å²) in [6.07, 6.45) is 7.03. The maximum absolute atomic E-state index is 10.8. The number of aliphatic hydroxyl groups is 1. The summed E-state index contributed by atoms with van der Waals surface area (Å²) in [5.74, 6) is 0.902. The zero-order valence-electron chi connectivity index (χ0n) is 10.5. The van der Waals surface area contributed by atoms with E-state index in [0.29, 0.717) is 11.8 Å². The van der Waals surface area contributed by atoms with Crippen LogP contribution in [0.4, 0.5) is 0 Å². The monoisotopic (exact) mass is 222 g/mol. The van der Waals surface area contributed by atoms with Crippen LogP contribution in [0.25, 0.3) is 0 Å². The summed E-state index contributed by atoms with van der Waals surface area (Å²) in [5.41, 5.74) is 0.332. The Morgan fingerprint density at radius 2 is 2.31 bits per heavy atom. The molecule has 2 rings (SSSR count). The summed E-state index contributed by atoms with van der Waals surface area (Å²) < 4.78 is 1.89. The van der Waals surface area contributed by atoms with Crippen LogP contribution in [0.5, 0.6) is 0 Å². The van der Waals surface area contributed by atoms with Gasteiger partial charge in [0.25, 0.3) is 0 Å². The van der Waals surface area contributed by atoms with Gasteiger partial charge in [0, 0.05) is 18.3 Å². The number of aryl methyl sites for hydroxylation is 1. The summed E-state index contributed by atoms with van der Waals surface area (Å²) in [5, 5.41) is 15.1. The van der Waals surface area contributed by atoms with E-state index in [9.17, 15) is 5.11 Å². The van der Waals surface area contributed by atoms with Gasteiger partial charge in [-0.15, -0.1) is 0 Å². The number of rotatable bonds is 2. The molecule has 3 heteroatoms. The quantitative estimate of drug-likeness (QED) is 0.835. The Kier molecular flexibility index (Phi) is 3.06. The first-order chi connectivity index (χ1) is 7.58. The van der Waals surface area contributed by atoms with Crippen molar-refractivity contribution in [1.29, 1.82) is 0 Å². The van der Waals surface area contributed by atoms with Gasteiger partial charge in [0.05, 0.1) is 11.8 Å². The third-order valence-corrected chi connectivity index (χ3v) is 4.28. The Hall–Kier alpha value is -0.830. The van der Waals surface area contributed by atoms with Crippen molar-refractivity contribution in [2.45, 2.75) is 52.2 Å². The Morgan fingerprint density at radius 1 is 1.56 bits per heavy atom. The highest BCUT2D eigenvalue weighted by molar-refractivity contribution is 5.18. The average molecular weight is 222 g/mol. The maximum Gasteiger partial charge on any atom is 0.0954 e. The second-order valence-corrected chi connectivity index (χ2v) is 5.17. The minimum absolute atomic E-state index is 0.316. The number of nitrogens with zero attached hydrogens (tertiary/aromatic N) is 2. The van der Waals surface area contributed by atoms with E-state index in [2.05, 4.69) is 25.9 Å². The highest BCUT2D eigenvalue weighted by atomic mass is 16.3. The van der Waals surface area contributed by atoms with Crippen molar-refractivity contribution in [3.8, 4) is 0 Å². The second kappa shape index (κ2) is 4.21. The van der Waals surface area contributed by atoms with Gasteiger partial charge < -0.3 is 5.11 Å². The highest BCUT2D eigenvalue weighted by Crippen LogP contribution is 2.44. The molecule has 90 valence electrons. The van der Waals surface area contributed by atoms with E-state index in [1.54, 1.807) is 0 Å². The summed E-state index contributed by atoms with van der Waals surface area (Å²) in [4.78, 5) is 0. The fourth-order valence-electron chi connectivity index (χ4n) is 2.81. The van der Waals surface area contributed by atoms with E-state index in [1.807, 2.05) is 17.1 Å². The first-order valence-corrected chi connectivity index (χ1v) is 6.33. The molecule has 1 aromatic rings. The van der Waals surface area contributed by atoms with Crippen molar-refractivity contribution in [2.24, 2.45) is 11.8 Å². The third-order valence-electron chi connectivity index (χ3n) is 4.28. The van der Waals surface area contributed by atoms with E-state index in [1.165, 1.54) is 6.42 Å². The van der Waals surface area contributed by atoms with Gasteiger partial charge in [-0.3, -0.25) is 4.68 Å². The summed E-state index contributed by atoms with van der Waals surface area (Å²) >= 11 is 0. The van der Waals surface area contributed by atoms with Gasteiger partial charge >= 0.3 is 0 Å². The van der Waals surface area contributed by atoms with Crippen LogP contribution in [0, 0.1) is 11.8 Å². The standard InChI is InChI=1S/C13H22N2O/c1-4-15-9-12(8-14-15)13(16)7-5-6-10(2)11(13)3/h8-11,16H,4-7H2,1-3H3. The molecule has 1 saturated carbocycles. The van der Waals surface area contributed by atoms with Gasteiger partial charge in [0.2, 0.25) is 0 Å². The average Bonchev–Trinajstić information content (AvgIpc) is 2.75. The SMILES string of the molecule is CCn1cc(C2(O)CCCC(C)C2C)cn1. The van der Waals surface area contributed by atoms with Gasteiger partial charge in [-0.2, -0.15) is 5.10 Å². The molecule has 0 saturated heterocycles. The summed E-state index contributed by atoms with van der Waals surface area (Å²) in [6.45, 7) is 7.32.